The highest BCUT2D eigenvalue weighted by Crippen LogP contribution is 2.25. The van der Waals surface area contributed by atoms with Crippen molar-refractivity contribution >= 4 is 0 Å². The molecule has 19 heavy (non-hydrogen) atoms. The number of rotatable bonds is 3. The molecule has 1 radical (unpaired) electrons. The maximum Gasteiger partial charge on any atom is 0.0482 e. The van der Waals surface area contributed by atoms with E-state index in [0.717, 1.165) is 19.6 Å². The second-order valence-corrected chi connectivity index (χ2v) is 5.33. The molecular formula is C17H21N2. The van der Waals surface area contributed by atoms with E-state index < -0.39 is 0 Å². The lowest BCUT2D eigenvalue weighted by molar-refractivity contribution is 0.406. The van der Waals surface area contributed by atoms with Crippen molar-refractivity contribution in [3.8, 4) is 11.3 Å². The van der Waals surface area contributed by atoms with Crippen molar-refractivity contribution in [3.63, 3.8) is 0 Å². The fourth-order valence-electron chi connectivity index (χ4n) is 2.83. The van der Waals surface area contributed by atoms with Gasteiger partial charge < -0.3 is 9.88 Å². The molecular weight excluding hydrogens is 232 g/mol. The van der Waals surface area contributed by atoms with E-state index >= 15 is 0 Å². The van der Waals surface area contributed by atoms with Crippen LogP contribution in [0.25, 0.3) is 11.3 Å². The van der Waals surface area contributed by atoms with Crippen LogP contribution >= 0.6 is 0 Å². The minimum absolute atomic E-state index is 0.690. The van der Waals surface area contributed by atoms with Crippen LogP contribution < -0.4 is 5.32 Å². The van der Waals surface area contributed by atoms with E-state index in [1.165, 1.54) is 23.4 Å². The molecule has 1 fully saturated rings. The quantitative estimate of drug-likeness (QED) is 0.888. The molecule has 1 aliphatic rings. The van der Waals surface area contributed by atoms with E-state index in [1.807, 2.05) is 0 Å². The minimum atomic E-state index is 0.690. The van der Waals surface area contributed by atoms with Gasteiger partial charge in [0.05, 0.1) is 0 Å². The lowest BCUT2D eigenvalue weighted by Gasteiger charge is -2.24. The Hall–Kier alpha value is -1.54. The van der Waals surface area contributed by atoms with Gasteiger partial charge in [-0.15, -0.1) is 0 Å². The number of hydrogen-bond donors (Lipinski definition) is 1. The molecule has 2 heteroatoms. The van der Waals surface area contributed by atoms with Gasteiger partial charge in [-0.2, -0.15) is 0 Å². The number of aromatic nitrogens is 1. The van der Waals surface area contributed by atoms with Crippen LogP contribution in [0.4, 0.5) is 0 Å². The zero-order valence-corrected chi connectivity index (χ0v) is 11.5. The number of nitrogens with zero attached hydrogens (tertiary/aromatic N) is 1. The molecule has 0 saturated carbocycles. The minimum Gasteiger partial charge on any atom is -0.345 e. The zero-order valence-electron chi connectivity index (χ0n) is 11.5. The summed E-state index contributed by atoms with van der Waals surface area (Å²) in [6.07, 6.45) is 3.66. The van der Waals surface area contributed by atoms with E-state index in [4.69, 9.17) is 0 Å². The fraction of sp³-hybridized carbons (Fsp3) is 0.353. The lowest BCUT2D eigenvalue weighted by atomic mass is 9.98. The summed E-state index contributed by atoms with van der Waals surface area (Å²) in [6.45, 7) is 5.49. The van der Waals surface area contributed by atoms with Crippen molar-refractivity contribution < 1.29 is 0 Å². The number of piperidine rings is 1. The van der Waals surface area contributed by atoms with E-state index in [1.54, 1.807) is 0 Å². The number of nitrogens with one attached hydrogen (secondary N) is 1. The smallest absolute Gasteiger partial charge is 0.0482 e. The van der Waals surface area contributed by atoms with Gasteiger partial charge in [-0.1, -0.05) is 30.3 Å². The van der Waals surface area contributed by atoms with Crippen LogP contribution in [0.2, 0.25) is 0 Å². The first-order chi connectivity index (χ1) is 9.34. The third-order valence-corrected chi connectivity index (χ3v) is 3.97. The Labute approximate surface area is 115 Å². The third kappa shape index (κ3) is 2.74. The molecule has 1 aromatic carbocycles. The van der Waals surface area contributed by atoms with Crippen LogP contribution in [0.15, 0.2) is 42.5 Å². The largest absolute Gasteiger partial charge is 0.345 e. The standard InChI is InChI=1S/C17H21N2/c1-14-7-8-17(16-5-3-2-4-6-16)19(14)13-15-9-11-18-12-10-15/h2-9,15,18H,10-13H2,1H3. The van der Waals surface area contributed by atoms with Crippen molar-refractivity contribution in [2.75, 3.05) is 13.1 Å². The zero-order chi connectivity index (χ0) is 13.1. The number of benzene rings is 1. The van der Waals surface area contributed by atoms with Crippen molar-refractivity contribution in [2.45, 2.75) is 19.9 Å². The molecule has 1 N–H and O–H groups in total. The van der Waals surface area contributed by atoms with Gasteiger partial charge in [-0.3, -0.25) is 0 Å². The number of aryl methyl sites for hydroxylation is 1. The monoisotopic (exact) mass is 253 g/mol. The SMILES string of the molecule is Cc1ccc(-c2ccccc2)n1CC1[CH]CNCC1. The molecule has 2 nitrogen and oxygen atoms in total. The topological polar surface area (TPSA) is 17.0 Å². The predicted octanol–water partition coefficient (Wildman–Crippen LogP) is 3.28. The van der Waals surface area contributed by atoms with E-state index in [0.29, 0.717) is 5.92 Å². The van der Waals surface area contributed by atoms with Crippen molar-refractivity contribution in [1.82, 2.24) is 9.88 Å². The van der Waals surface area contributed by atoms with Gasteiger partial charge in [-0.05, 0) is 56.5 Å². The van der Waals surface area contributed by atoms with Crippen molar-refractivity contribution in [2.24, 2.45) is 5.92 Å². The number of hydrogen-bond acceptors (Lipinski definition) is 1. The van der Waals surface area contributed by atoms with Crippen molar-refractivity contribution in [1.29, 1.82) is 0 Å². The molecule has 2 heterocycles. The molecule has 1 saturated heterocycles. The molecule has 3 rings (SSSR count). The Bertz CT molecular complexity index is 521. The Morgan fingerprint density at radius 3 is 2.74 bits per heavy atom. The van der Waals surface area contributed by atoms with Gasteiger partial charge >= 0.3 is 0 Å². The molecule has 1 unspecified atom stereocenters. The summed E-state index contributed by atoms with van der Waals surface area (Å²) in [4.78, 5) is 0. The first-order valence-electron chi connectivity index (χ1n) is 7.10. The summed E-state index contributed by atoms with van der Waals surface area (Å²) in [5.41, 5.74) is 4.00. The Balaban J connectivity index is 1.86. The van der Waals surface area contributed by atoms with Gasteiger partial charge in [0.1, 0.15) is 0 Å². The predicted molar refractivity (Wildman–Crippen MR) is 79.9 cm³/mol. The molecule has 0 spiro atoms. The Morgan fingerprint density at radius 2 is 2.00 bits per heavy atom. The molecule has 1 aliphatic heterocycles. The second kappa shape index (κ2) is 5.62. The van der Waals surface area contributed by atoms with E-state index in [9.17, 15) is 0 Å². The molecule has 1 atom stereocenters. The second-order valence-electron chi connectivity index (χ2n) is 5.33. The first-order valence-corrected chi connectivity index (χ1v) is 7.10. The molecule has 2 aromatic rings. The third-order valence-electron chi connectivity index (χ3n) is 3.97. The average Bonchev–Trinajstić information content (AvgIpc) is 2.82. The molecule has 99 valence electrons. The van der Waals surface area contributed by atoms with Crippen LogP contribution in [-0.4, -0.2) is 17.7 Å². The summed E-state index contributed by atoms with van der Waals surface area (Å²) < 4.78 is 2.46. The summed E-state index contributed by atoms with van der Waals surface area (Å²) in [5.74, 6) is 0.690. The first kappa shape index (κ1) is 12.5. The summed E-state index contributed by atoms with van der Waals surface area (Å²) in [5, 5.41) is 3.39. The van der Waals surface area contributed by atoms with Gasteiger partial charge in [-0.25, -0.2) is 0 Å². The van der Waals surface area contributed by atoms with Crippen LogP contribution in [0, 0.1) is 19.3 Å². The van der Waals surface area contributed by atoms with Gasteiger partial charge in [0, 0.05) is 17.9 Å². The molecule has 0 bridgehead atoms. The summed E-state index contributed by atoms with van der Waals surface area (Å²) >= 11 is 0. The molecule has 0 aliphatic carbocycles. The molecule has 0 amide bonds. The molecule has 1 aromatic heterocycles. The Morgan fingerprint density at radius 1 is 1.16 bits per heavy atom. The average molecular weight is 253 g/mol. The van der Waals surface area contributed by atoms with E-state index in [2.05, 4.69) is 65.7 Å². The van der Waals surface area contributed by atoms with Crippen molar-refractivity contribution in [3.05, 3.63) is 54.6 Å². The van der Waals surface area contributed by atoms with Crippen LogP contribution in [0.1, 0.15) is 12.1 Å². The van der Waals surface area contributed by atoms with Crippen LogP contribution in [0.5, 0.6) is 0 Å². The lowest BCUT2D eigenvalue weighted by Crippen LogP contribution is -2.30. The maximum absolute atomic E-state index is 3.39. The maximum atomic E-state index is 3.39. The fourth-order valence-corrected chi connectivity index (χ4v) is 2.83. The van der Waals surface area contributed by atoms with E-state index in [-0.39, 0.29) is 0 Å². The highest BCUT2D eigenvalue weighted by molar-refractivity contribution is 5.60. The van der Waals surface area contributed by atoms with Crippen LogP contribution in [0.3, 0.4) is 0 Å². The van der Waals surface area contributed by atoms with Gasteiger partial charge in [0.25, 0.3) is 0 Å². The highest BCUT2D eigenvalue weighted by Gasteiger charge is 2.16. The van der Waals surface area contributed by atoms with Gasteiger partial charge in [0.15, 0.2) is 0 Å². The normalized spacial score (nSPS) is 16.7. The summed E-state index contributed by atoms with van der Waals surface area (Å²) in [7, 11) is 0. The summed E-state index contributed by atoms with van der Waals surface area (Å²) in [6, 6.07) is 15.1. The van der Waals surface area contributed by atoms with Gasteiger partial charge in [0.2, 0.25) is 0 Å². The van der Waals surface area contributed by atoms with Crippen LogP contribution in [-0.2, 0) is 6.54 Å². The Kier molecular flexibility index (Phi) is 3.69. The highest BCUT2D eigenvalue weighted by atomic mass is 15.0.